The number of anilines is 2. The van der Waals surface area contributed by atoms with Gasteiger partial charge in [0.1, 0.15) is 0 Å². The number of nitrogens with zero attached hydrogens (tertiary/aromatic N) is 3. The third-order valence-corrected chi connectivity index (χ3v) is 4.26. The first-order valence-electron chi connectivity index (χ1n) is 7.50. The third kappa shape index (κ3) is 3.54. The lowest BCUT2D eigenvalue weighted by Gasteiger charge is -2.37. The van der Waals surface area contributed by atoms with Crippen molar-refractivity contribution in [2.24, 2.45) is 0 Å². The van der Waals surface area contributed by atoms with Crippen molar-refractivity contribution in [3.05, 3.63) is 54.4 Å². The molecule has 5 heteroatoms. The number of benzene rings is 1. The highest BCUT2D eigenvalue weighted by atomic mass is 32.1. The molecule has 1 aromatic carbocycles. The SMILES string of the molecule is Cc1ccc(NC(=S)N2CCN(c3ccncc3)CC2)cc1. The lowest BCUT2D eigenvalue weighted by atomic mass is 10.2. The van der Waals surface area contributed by atoms with Crippen molar-refractivity contribution in [3.8, 4) is 0 Å². The first-order valence-corrected chi connectivity index (χ1v) is 7.91. The van der Waals surface area contributed by atoms with Gasteiger partial charge in [0.05, 0.1) is 0 Å². The Morgan fingerprint density at radius 3 is 2.27 bits per heavy atom. The summed E-state index contributed by atoms with van der Waals surface area (Å²) in [5, 5.41) is 4.13. The van der Waals surface area contributed by atoms with Gasteiger partial charge >= 0.3 is 0 Å². The van der Waals surface area contributed by atoms with Crippen LogP contribution in [0.4, 0.5) is 11.4 Å². The van der Waals surface area contributed by atoms with E-state index in [1.165, 1.54) is 11.3 Å². The minimum absolute atomic E-state index is 0.804. The highest BCUT2D eigenvalue weighted by Crippen LogP contribution is 2.16. The van der Waals surface area contributed by atoms with Gasteiger partial charge in [0, 0.05) is 49.9 Å². The van der Waals surface area contributed by atoms with Crippen LogP contribution in [0.2, 0.25) is 0 Å². The van der Waals surface area contributed by atoms with Gasteiger partial charge in [-0.2, -0.15) is 0 Å². The molecule has 22 heavy (non-hydrogen) atoms. The monoisotopic (exact) mass is 312 g/mol. The number of thiocarbonyl (C=S) groups is 1. The molecule has 0 radical (unpaired) electrons. The fourth-order valence-electron chi connectivity index (χ4n) is 2.56. The Hall–Kier alpha value is -2.14. The first kappa shape index (κ1) is 14.8. The molecule has 1 aliphatic heterocycles. The molecule has 0 amide bonds. The second-order valence-corrected chi connectivity index (χ2v) is 5.86. The van der Waals surface area contributed by atoms with Crippen LogP contribution < -0.4 is 10.2 Å². The average molecular weight is 312 g/mol. The second kappa shape index (κ2) is 6.75. The normalized spacial score (nSPS) is 14.8. The minimum atomic E-state index is 0.804. The number of aromatic nitrogens is 1. The van der Waals surface area contributed by atoms with Gasteiger partial charge in [-0.3, -0.25) is 4.98 Å². The molecular formula is C17H20N4S. The van der Waals surface area contributed by atoms with Crippen LogP contribution in [0.5, 0.6) is 0 Å². The molecule has 2 heterocycles. The van der Waals surface area contributed by atoms with Crippen molar-refractivity contribution in [3.63, 3.8) is 0 Å². The van der Waals surface area contributed by atoms with E-state index in [-0.39, 0.29) is 0 Å². The molecule has 0 bridgehead atoms. The van der Waals surface area contributed by atoms with Crippen LogP contribution >= 0.6 is 12.2 Å². The molecule has 2 aromatic rings. The Labute approximate surface area is 136 Å². The molecule has 0 unspecified atom stereocenters. The number of rotatable bonds is 2. The van der Waals surface area contributed by atoms with Crippen LogP contribution in [-0.2, 0) is 0 Å². The zero-order valence-electron chi connectivity index (χ0n) is 12.7. The van der Waals surface area contributed by atoms with E-state index in [1.807, 2.05) is 12.4 Å². The van der Waals surface area contributed by atoms with E-state index in [4.69, 9.17) is 12.2 Å². The molecular weight excluding hydrogens is 292 g/mol. The standard InChI is InChI=1S/C17H20N4S/c1-14-2-4-15(5-3-14)19-17(22)21-12-10-20(11-13-21)16-6-8-18-9-7-16/h2-9H,10-13H2,1H3,(H,19,22). The Kier molecular flexibility index (Phi) is 4.53. The Morgan fingerprint density at radius 2 is 1.64 bits per heavy atom. The van der Waals surface area contributed by atoms with Gasteiger partial charge in [-0.25, -0.2) is 0 Å². The van der Waals surface area contributed by atoms with Crippen LogP contribution in [0.1, 0.15) is 5.56 Å². The lowest BCUT2D eigenvalue weighted by Crippen LogP contribution is -2.50. The predicted molar refractivity (Wildman–Crippen MR) is 95.4 cm³/mol. The molecule has 4 nitrogen and oxygen atoms in total. The molecule has 0 saturated carbocycles. The van der Waals surface area contributed by atoms with E-state index in [9.17, 15) is 0 Å². The van der Waals surface area contributed by atoms with E-state index in [2.05, 4.69) is 63.4 Å². The fraction of sp³-hybridized carbons (Fsp3) is 0.294. The van der Waals surface area contributed by atoms with Crippen molar-refractivity contribution in [1.29, 1.82) is 0 Å². The van der Waals surface area contributed by atoms with Crippen molar-refractivity contribution < 1.29 is 0 Å². The number of hydrogen-bond acceptors (Lipinski definition) is 3. The maximum atomic E-state index is 5.53. The molecule has 0 atom stereocenters. The highest BCUT2D eigenvalue weighted by Gasteiger charge is 2.19. The molecule has 1 aliphatic rings. The van der Waals surface area contributed by atoms with Crippen LogP contribution in [0.3, 0.4) is 0 Å². The van der Waals surface area contributed by atoms with Crippen molar-refractivity contribution >= 4 is 28.7 Å². The molecule has 0 spiro atoms. The number of aryl methyl sites for hydroxylation is 1. The average Bonchev–Trinajstić information content (AvgIpc) is 2.58. The number of hydrogen-bond donors (Lipinski definition) is 1. The number of pyridine rings is 1. The topological polar surface area (TPSA) is 31.4 Å². The largest absolute Gasteiger partial charge is 0.368 e. The zero-order valence-corrected chi connectivity index (χ0v) is 13.5. The molecule has 1 aromatic heterocycles. The summed E-state index contributed by atoms with van der Waals surface area (Å²) in [4.78, 5) is 8.67. The number of nitrogens with one attached hydrogen (secondary N) is 1. The summed E-state index contributed by atoms with van der Waals surface area (Å²) in [5.74, 6) is 0. The van der Waals surface area contributed by atoms with Gasteiger partial charge in [-0.15, -0.1) is 0 Å². The smallest absolute Gasteiger partial charge is 0.173 e. The van der Waals surface area contributed by atoms with E-state index in [0.717, 1.165) is 37.0 Å². The van der Waals surface area contributed by atoms with Crippen molar-refractivity contribution in [2.75, 3.05) is 36.4 Å². The van der Waals surface area contributed by atoms with E-state index < -0.39 is 0 Å². The highest BCUT2D eigenvalue weighted by molar-refractivity contribution is 7.80. The molecule has 1 N–H and O–H groups in total. The van der Waals surface area contributed by atoms with E-state index >= 15 is 0 Å². The Balaban J connectivity index is 1.54. The quantitative estimate of drug-likeness (QED) is 0.862. The fourth-order valence-corrected chi connectivity index (χ4v) is 2.86. The van der Waals surface area contributed by atoms with Crippen LogP contribution in [0.15, 0.2) is 48.8 Å². The van der Waals surface area contributed by atoms with E-state index in [0.29, 0.717) is 0 Å². The maximum absolute atomic E-state index is 5.53. The van der Waals surface area contributed by atoms with Gasteiger partial charge in [0.15, 0.2) is 5.11 Å². The zero-order chi connectivity index (χ0) is 15.4. The van der Waals surface area contributed by atoms with Crippen LogP contribution in [-0.4, -0.2) is 41.2 Å². The Morgan fingerprint density at radius 1 is 1.00 bits per heavy atom. The van der Waals surface area contributed by atoms with Crippen molar-refractivity contribution in [2.45, 2.75) is 6.92 Å². The molecule has 1 saturated heterocycles. The summed E-state index contributed by atoms with van der Waals surface area (Å²) in [7, 11) is 0. The molecule has 114 valence electrons. The van der Waals surface area contributed by atoms with Gasteiger partial charge in [-0.1, -0.05) is 17.7 Å². The molecule has 1 fully saturated rings. The summed E-state index contributed by atoms with van der Waals surface area (Å²) in [5.41, 5.74) is 3.53. The first-order chi connectivity index (χ1) is 10.7. The van der Waals surface area contributed by atoms with Crippen molar-refractivity contribution in [1.82, 2.24) is 9.88 Å². The van der Waals surface area contributed by atoms with Gasteiger partial charge in [0.2, 0.25) is 0 Å². The lowest BCUT2D eigenvalue weighted by molar-refractivity contribution is 0.391. The van der Waals surface area contributed by atoms with E-state index in [1.54, 1.807) is 0 Å². The molecule has 0 aliphatic carbocycles. The van der Waals surface area contributed by atoms with Gasteiger partial charge in [-0.05, 0) is 43.4 Å². The minimum Gasteiger partial charge on any atom is -0.368 e. The van der Waals surface area contributed by atoms with Crippen LogP contribution in [0, 0.1) is 6.92 Å². The summed E-state index contributed by atoms with van der Waals surface area (Å²) in [6, 6.07) is 12.4. The maximum Gasteiger partial charge on any atom is 0.173 e. The Bertz CT molecular complexity index is 619. The van der Waals surface area contributed by atoms with Crippen LogP contribution in [0.25, 0.3) is 0 Å². The summed E-state index contributed by atoms with van der Waals surface area (Å²) in [6.07, 6.45) is 3.68. The molecule has 3 rings (SSSR count). The second-order valence-electron chi connectivity index (χ2n) is 5.48. The summed E-state index contributed by atoms with van der Waals surface area (Å²) >= 11 is 5.53. The third-order valence-electron chi connectivity index (χ3n) is 3.90. The van der Waals surface area contributed by atoms with Gasteiger partial charge < -0.3 is 15.1 Å². The summed E-state index contributed by atoms with van der Waals surface area (Å²) in [6.45, 7) is 5.89. The summed E-state index contributed by atoms with van der Waals surface area (Å²) < 4.78 is 0. The number of piperazine rings is 1. The predicted octanol–water partition coefficient (Wildman–Crippen LogP) is 2.91. The van der Waals surface area contributed by atoms with Gasteiger partial charge in [0.25, 0.3) is 0 Å².